The van der Waals surface area contributed by atoms with Crippen molar-refractivity contribution in [2.45, 2.75) is 12.4 Å². The highest BCUT2D eigenvalue weighted by atomic mass is 79.9. The van der Waals surface area contributed by atoms with E-state index in [1.807, 2.05) is 25.2 Å². The van der Waals surface area contributed by atoms with Crippen LogP contribution in [0.1, 0.15) is 10.4 Å². The number of anilines is 1. The van der Waals surface area contributed by atoms with Crippen LogP contribution in [0.2, 0.25) is 5.02 Å². The van der Waals surface area contributed by atoms with Crippen LogP contribution < -0.4 is 4.90 Å². The summed E-state index contributed by atoms with van der Waals surface area (Å²) in [6.07, 6.45) is 0. The Morgan fingerprint density at radius 2 is 2.11 bits per heavy atom. The van der Waals surface area contributed by atoms with E-state index < -0.39 is 0 Å². The third kappa shape index (κ3) is 3.41. The monoisotopic (exact) mass is 363 g/mol. The van der Waals surface area contributed by atoms with Gasteiger partial charge in [0.1, 0.15) is 0 Å². The summed E-state index contributed by atoms with van der Waals surface area (Å²) in [5.41, 5.74) is 2.06. The molecule has 0 saturated carbocycles. The third-order valence-corrected chi connectivity index (χ3v) is 4.89. The second kappa shape index (κ2) is 6.29. The Balaban J connectivity index is 2.15. The van der Waals surface area contributed by atoms with Crippen LogP contribution in [0.4, 0.5) is 5.69 Å². The molecule has 2 rings (SSSR count). The highest BCUT2D eigenvalue weighted by molar-refractivity contribution is 9.10. The maximum absolute atomic E-state index is 6.27. The molecule has 0 atom stereocenters. The first-order chi connectivity index (χ1) is 8.60. The molecule has 0 aliphatic rings. The largest absolute Gasteiger partial charge is 0.368 e. The van der Waals surface area contributed by atoms with Crippen molar-refractivity contribution in [2.75, 3.05) is 11.9 Å². The van der Waals surface area contributed by atoms with Crippen LogP contribution in [-0.4, -0.2) is 7.05 Å². The number of halogens is 3. The van der Waals surface area contributed by atoms with E-state index in [-0.39, 0.29) is 0 Å². The molecule has 1 aromatic heterocycles. The maximum atomic E-state index is 6.27. The minimum atomic E-state index is 0.488. The van der Waals surface area contributed by atoms with Crippen molar-refractivity contribution in [1.29, 1.82) is 0 Å². The smallest absolute Gasteiger partial charge is 0.0642 e. The van der Waals surface area contributed by atoms with Gasteiger partial charge in [0.2, 0.25) is 0 Å². The Bertz CT molecular complexity index is 542. The lowest BCUT2D eigenvalue weighted by Gasteiger charge is -2.20. The number of hydrogen-bond acceptors (Lipinski definition) is 2. The number of hydrogen-bond donors (Lipinski definition) is 0. The van der Waals surface area contributed by atoms with Crippen LogP contribution in [0, 0.1) is 0 Å². The standard InChI is InChI=1S/C13H12BrCl2NS/c1-17(7-11-5-10(14)8-18-11)13-3-2-9(6-15)4-12(13)16/h2-5,8H,6-7H2,1H3. The highest BCUT2D eigenvalue weighted by Gasteiger charge is 2.08. The second-order valence-corrected chi connectivity index (χ2v) is 6.59. The molecular formula is C13H12BrCl2NS. The first kappa shape index (κ1) is 14.2. The van der Waals surface area contributed by atoms with E-state index in [0.29, 0.717) is 5.88 Å². The lowest BCUT2D eigenvalue weighted by atomic mass is 10.2. The van der Waals surface area contributed by atoms with Crippen molar-refractivity contribution in [2.24, 2.45) is 0 Å². The molecule has 0 amide bonds. The molecule has 2 aromatic rings. The molecule has 5 heteroatoms. The quantitative estimate of drug-likeness (QED) is 0.644. The van der Waals surface area contributed by atoms with Gasteiger partial charge in [0, 0.05) is 27.7 Å². The van der Waals surface area contributed by atoms with Gasteiger partial charge in [-0.05, 0) is 39.7 Å². The van der Waals surface area contributed by atoms with E-state index in [1.165, 1.54) is 4.88 Å². The molecule has 0 bridgehead atoms. The molecule has 96 valence electrons. The third-order valence-electron chi connectivity index (χ3n) is 2.59. The zero-order valence-corrected chi connectivity index (χ0v) is 13.7. The van der Waals surface area contributed by atoms with Crippen LogP contribution in [-0.2, 0) is 12.4 Å². The summed E-state index contributed by atoms with van der Waals surface area (Å²) in [5.74, 6) is 0.488. The first-order valence-corrected chi connectivity index (χ1v) is 7.97. The highest BCUT2D eigenvalue weighted by Crippen LogP contribution is 2.29. The molecule has 1 nitrogen and oxygen atoms in total. The molecule has 0 aliphatic heterocycles. The lowest BCUT2D eigenvalue weighted by molar-refractivity contribution is 0.939. The number of nitrogens with zero attached hydrogens (tertiary/aromatic N) is 1. The summed E-state index contributed by atoms with van der Waals surface area (Å²) in [7, 11) is 2.04. The van der Waals surface area contributed by atoms with Crippen molar-refractivity contribution in [3.05, 3.63) is 49.6 Å². The van der Waals surface area contributed by atoms with Crippen molar-refractivity contribution in [3.63, 3.8) is 0 Å². The van der Waals surface area contributed by atoms with E-state index in [4.69, 9.17) is 23.2 Å². The van der Waals surface area contributed by atoms with E-state index in [0.717, 1.165) is 27.3 Å². The number of thiophene rings is 1. The Hall–Kier alpha value is -0.220. The minimum Gasteiger partial charge on any atom is -0.368 e. The van der Waals surface area contributed by atoms with Gasteiger partial charge in [0.15, 0.2) is 0 Å². The molecule has 18 heavy (non-hydrogen) atoms. The number of benzene rings is 1. The molecule has 0 fully saturated rings. The van der Waals surface area contributed by atoms with Gasteiger partial charge in [-0.1, -0.05) is 17.7 Å². The van der Waals surface area contributed by atoms with Gasteiger partial charge < -0.3 is 4.90 Å². The maximum Gasteiger partial charge on any atom is 0.0642 e. The molecule has 0 aliphatic carbocycles. The van der Waals surface area contributed by atoms with Crippen LogP contribution in [0.15, 0.2) is 34.1 Å². The number of rotatable bonds is 4. The van der Waals surface area contributed by atoms with Gasteiger partial charge in [0.25, 0.3) is 0 Å². The molecule has 0 unspecified atom stereocenters. The molecular weight excluding hydrogens is 353 g/mol. The Morgan fingerprint density at radius 3 is 2.67 bits per heavy atom. The van der Waals surface area contributed by atoms with Gasteiger partial charge in [0.05, 0.1) is 17.3 Å². The van der Waals surface area contributed by atoms with Gasteiger partial charge in [-0.25, -0.2) is 0 Å². The normalized spacial score (nSPS) is 10.7. The predicted octanol–water partition coefficient (Wildman–Crippen LogP) is 5.54. The Morgan fingerprint density at radius 1 is 1.33 bits per heavy atom. The van der Waals surface area contributed by atoms with E-state index in [9.17, 15) is 0 Å². The fraction of sp³-hybridized carbons (Fsp3) is 0.231. The second-order valence-electron chi connectivity index (χ2n) is 4.01. The fourth-order valence-electron chi connectivity index (χ4n) is 1.70. The van der Waals surface area contributed by atoms with E-state index in [1.54, 1.807) is 11.3 Å². The average molecular weight is 365 g/mol. The summed E-state index contributed by atoms with van der Waals surface area (Å²) >= 11 is 17.3. The molecule has 0 saturated heterocycles. The van der Waals surface area contributed by atoms with Crippen molar-refractivity contribution >= 4 is 56.2 Å². The Labute approximate surface area is 129 Å². The minimum absolute atomic E-state index is 0.488. The van der Waals surface area contributed by atoms with E-state index in [2.05, 4.69) is 32.3 Å². The fourth-order valence-corrected chi connectivity index (χ4v) is 3.72. The van der Waals surface area contributed by atoms with Gasteiger partial charge >= 0.3 is 0 Å². The number of alkyl halides is 1. The molecule has 1 aromatic carbocycles. The molecule has 0 N–H and O–H groups in total. The molecule has 0 spiro atoms. The summed E-state index contributed by atoms with van der Waals surface area (Å²) < 4.78 is 1.12. The van der Waals surface area contributed by atoms with Crippen LogP contribution in [0.25, 0.3) is 0 Å². The van der Waals surface area contributed by atoms with Crippen molar-refractivity contribution < 1.29 is 0 Å². The van der Waals surface area contributed by atoms with Gasteiger partial charge in [-0.3, -0.25) is 0 Å². The summed E-state index contributed by atoms with van der Waals surface area (Å²) in [6, 6.07) is 8.07. The Kier molecular flexibility index (Phi) is 4.96. The lowest BCUT2D eigenvalue weighted by Crippen LogP contribution is -2.15. The van der Waals surface area contributed by atoms with E-state index >= 15 is 0 Å². The average Bonchev–Trinajstić information content (AvgIpc) is 2.74. The van der Waals surface area contributed by atoms with Crippen molar-refractivity contribution in [1.82, 2.24) is 0 Å². The predicted molar refractivity (Wildman–Crippen MR) is 85.1 cm³/mol. The van der Waals surface area contributed by atoms with Gasteiger partial charge in [-0.15, -0.1) is 22.9 Å². The first-order valence-electron chi connectivity index (χ1n) is 5.38. The topological polar surface area (TPSA) is 3.24 Å². The van der Waals surface area contributed by atoms with Crippen LogP contribution in [0.5, 0.6) is 0 Å². The summed E-state index contributed by atoms with van der Waals surface area (Å²) in [6.45, 7) is 0.843. The molecule has 0 radical (unpaired) electrons. The zero-order chi connectivity index (χ0) is 13.1. The van der Waals surface area contributed by atoms with Crippen LogP contribution in [0.3, 0.4) is 0 Å². The molecule has 1 heterocycles. The van der Waals surface area contributed by atoms with Crippen LogP contribution >= 0.6 is 50.5 Å². The summed E-state index contributed by atoms with van der Waals surface area (Å²) in [4.78, 5) is 3.43. The zero-order valence-electron chi connectivity index (χ0n) is 9.79. The SMILES string of the molecule is CN(Cc1cc(Br)cs1)c1ccc(CCl)cc1Cl. The van der Waals surface area contributed by atoms with Crippen molar-refractivity contribution in [3.8, 4) is 0 Å². The summed E-state index contributed by atoms with van der Waals surface area (Å²) in [5, 5.41) is 2.83. The van der Waals surface area contributed by atoms with Gasteiger partial charge in [-0.2, -0.15) is 0 Å².